The van der Waals surface area contributed by atoms with E-state index >= 15 is 0 Å². The van der Waals surface area contributed by atoms with Crippen LogP contribution < -0.4 is 10.6 Å². The van der Waals surface area contributed by atoms with E-state index in [0.29, 0.717) is 11.5 Å². The second-order valence-corrected chi connectivity index (χ2v) is 8.17. The van der Waals surface area contributed by atoms with Crippen molar-refractivity contribution < 1.29 is 0 Å². The van der Waals surface area contributed by atoms with Crippen LogP contribution in [-0.2, 0) is 6.42 Å². The summed E-state index contributed by atoms with van der Waals surface area (Å²) in [6.07, 6.45) is 5.91. The zero-order valence-electron chi connectivity index (χ0n) is 14.7. The van der Waals surface area contributed by atoms with E-state index in [2.05, 4.69) is 38.8 Å². The molecule has 6 heteroatoms. The third-order valence-electron chi connectivity index (χ3n) is 5.21. The van der Waals surface area contributed by atoms with Crippen molar-refractivity contribution in [3.63, 3.8) is 0 Å². The molecule has 0 bridgehead atoms. The van der Waals surface area contributed by atoms with E-state index in [4.69, 9.17) is 0 Å². The van der Waals surface area contributed by atoms with Gasteiger partial charge in [0.2, 0.25) is 0 Å². The molecule has 4 aromatic rings. The maximum atomic E-state index is 9.59. The second-order valence-electron chi connectivity index (χ2n) is 7.06. The average Bonchev–Trinajstić information content (AvgIpc) is 3.42. The SMILES string of the molecule is N#Cc1cnc2sc(CC3CCNC3)cc2c1Nc1ccc2[nH]ccc2c1. The third-order valence-corrected chi connectivity index (χ3v) is 6.27. The number of H-pyrrole nitrogens is 1. The molecule has 1 saturated heterocycles. The molecule has 1 aliphatic rings. The molecule has 1 atom stereocenters. The van der Waals surface area contributed by atoms with Gasteiger partial charge in [-0.05, 0) is 62.2 Å². The number of nitrogens with zero attached hydrogens (tertiary/aromatic N) is 2. The Morgan fingerprint density at radius 3 is 3.11 bits per heavy atom. The molecule has 0 amide bonds. The summed E-state index contributed by atoms with van der Waals surface area (Å²) in [7, 11) is 0. The first-order valence-electron chi connectivity index (χ1n) is 9.16. The Bertz CT molecular complexity index is 1160. The molecule has 3 aromatic heterocycles. The minimum absolute atomic E-state index is 0.573. The molecule has 1 aliphatic heterocycles. The van der Waals surface area contributed by atoms with Gasteiger partial charge in [-0.3, -0.25) is 0 Å². The highest BCUT2D eigenvalue weighted by atomic mass is 32.1. The van der Waals surface area contributed by atoms with Crippen molar-refractivity contribution in [2.45, 2.75) is 12.8 Å². The van der Waals surface area contributed by atoms with E-state index in [1.54, 1.807) is 17.5 Å². The van der Waals surface area contributed by atoms with Crippen LogP contribution in [0, 0.1) is 17.2 Å². The summed E-state index contributed by atoms with van der Waals surface area (Å²) in [5.74, 6) is 0.695. The quantitative estimate of drug-likeness (QED) is 0.491. The summed E-state index contributed by atoms with van der Waals surface area (Å²) in [6.45, 7) is 2.20. The molecule has 27 heavy (non-hydrogen) atoms. The van der Waals surface area contributed by atoms with E-state index in [0.717, 1.165) is 52.0 Å². The number of pyridine rings is 1. The standard InChI is InChI=1S/C21H19N5S/c22-10-15-12-25-21-18(9-17(27-21)7-13-3-5-23-11-13)20(15)26-16-1-2-19-14(8-16)4-6-24-19/h1-2,4,6,8-9,12-13,23-24H,3,5,7,11H2,(H,25,26). The van der Waals surface area contributed by atoms with Crippen molar-refractivity contribution in [1.29, 1.82) is 5.26 Å². The molecule has 0 saturated carbocycles. The van der Waals surface area contributed by atoms with Crippen LogP contribution in [-0.4, -0.2) is 23.1 Å². The van der Waals surface area contributed by atoms with Crippen LogP contribution in [0.5, 0.6) is 0 Å². The fourth-order valence-corrected chi connectivity index (χ4v) is 4.93. The fraction of sp³-hybridized carbons (Fsp3) is 0.238. The minimum Gasteiger partial charge on any atom is -0.361 e. The van der Waals surface area contributed by atoms with Gasteiger partial charge in [0.05, 0.1) is 11.3 Å². The zero-order valence-corrected chi connectivity index (χ0v) is 15.6. The summed E-state index contributed by atoms with van der Waals surface area (Å²) in [4.78, 5) is 10.1. The molecule has 134 valence electrons. The summed E-state index contributed by atoms with van der Waals surface area (Å²) < 4.78 is 0. The summed E-state index contributed by atoms with van der Waals surface area (Å²) in [5.41, 5.74) is 3.50. The highest BCUT2D eigenvalue weighted by molar-refractivity contribution is 7.18. The molecule has 0 spiro atoms. The Hall–Kier alpha value is -2.88. The number of aromatic amines is 1. The van der Waals surface area contributed by atoms with E-state index in [-0.39, 0.29) is 0 Å². The third kappa shape index (κ3) is 3.05. The predicted octanol–water partition coefficient (Wildman–Crippen LogP) is 4.54. The first-order chi connectivity index (χ1) is 13.3. The predicted molar refractivity (Wildman–Crippen MR) is 111 cm³/mol. The number of benzene rings is 1. The molecule has 1 fully saturated rings. The molecule has 4 heterocycles. The van der Waals surface area contributed by atoms with Gasteiger partial charge in [-0.25, -0.2) is 4.98 Å². The lowest BCUT2D eigenvalue weighted by Gasteiger charge is -2.09. The monoisotopic (exact) mass is 373 g/mol. The number of fused-ring (bicyclic) bond motifs is 2. The van der Waals surface area contributed by atoms with Gasteiger partial charge in [0.15, 0.2) is 0 Å². The summed E-state index contributed by atoms with van der Waals surface area (Å²) in [6, 6.07) is 12.7. The number of hydrogen-bond donors (Lipinski definition) is 3. The van der Waals surface area contributed by atoms with Gasteiger partial charge < -0.3 is 15.6 Å². The van der Waals surface area contributed by atoms with Gasteiger partial charge in [-0.15, -0.1) is 11.3 Å². The van der Waals surface area contributed by atoms with Gasteiger partial charge >= 0.3 is 0 Å². The molecule has 1 unspecified atom stereocenters. The number of thiophene rings is 1. The Morgan fingerprint density at radius 1 is 1.30 bits per heavy atom. The molecule has 5 rings (SSSR count). The van der Waals surface area contributed by atoms with Gasteiger partial charge in [0.1, 0.15) is 10.9 Å². The Morgan fingerprint density at radius 2 is 2.26 bits per heavy atom. The van der Waals surface area contributed by atoms with Crippen molar-refractivity contribution >= 4 is 43.8 Å². The van der Waals surface area contributed by atoms with E-state index in [9.17, 15) is 5.26 Å². The van der Waals surface area contributed by atoms with Gasteiger partial charge in [0, 0.05) is 39.2 Å². The van der Waals surface area contributed by atoms with Crippen LogP contribution in [0.2, 0.25) is 0 Å². The largest absolute Gasteiger partial charge is 0.361 e. The van der Waals surface area contributed by atoms with Crippen molar-refractivity contribution in [3.05, 3.63) is 53.2 Å². The van der Waals surface area contributed by atoms with Crippen molar-refractivity contribution in [1.82, 2.24) is 15.3 Å². The number of aromatic nitrogens is 2. The van der Waals surface area contributed by atoms with Crippen molar-refractivity contribution in [3.8, 4) is 6.07 Å². The molecule has 0 aliphatic carbocycles. The number of hydrogen-bond acceptors (Lipinski definition) is 5. The lowest BCUT2D eigenvalue weighted by atomic mass is 10.0. The van der Waals surface area contributed by atoms with Crippen LogP contribution in [0.1, 0.15) is 16.9 Å². The fourth-order valence-electron chi connectivity index (χ4n) is 3.81. The van der Waals surface area contributed by atoms with Gasteiger partial charge in [-0.2, -0.15) is 5.26 Å². The first-order valence-corrected chi connectivity index (χ1v) is 9.98. The number of anilines is 2. The van der Waals surface area contributed by atoms with Crippen molar-refractivity contribution in [2.24, 2.45) is 5.92 Å². The van der Waals surface area contributed by atoms with E-state index in [1.807, 2.05) is 24.4 Å². The molecular formula is C21H19N5S. The molecule has 3 N–H and O–H groups in total. The smallest absolute Gasteiger partial charge is 0.125 e. The zero-order chi connectivity index (χ0) is 18.2. The maximum absolute atomic E-state index is 9.59. The number of nitriles is 1. The van der Waals surface area contributed by atoms with Crippen LogP contribution in [0.15, 0.2) is 42.7 Å². The topological polar surface area (TPSA) is 76.5 Å². The van der Waals surface area contributed by atoms with Crippen LogP contribution in [0.3, 0.4) is 0 Å². The average molecular weight is 373 g/mol. The Labute approximate surface area is 161 Å². The molecule has 1 aromatic carbocycles. The molecule has 5 nitrogen and oxygen atoms in total. The van der Waals surface area contributed by atoms with E-state index < -0.39 is 0 Å². The van der Waals surface area contributed by atoms with Crippen LogP contribution in [0.25, 0.3) is 21.1 Å². The summed E-state index contributed by atoms with van der Waals surface area (Å²) in [5, 5.41) is 18.7. The Kier molecular flexibility index (Phi) is 4.04. The van der Waals surface area contributed by atoms with Crippen LogP contribution in [0.4, 0.5) is 11.4 Å². The van der Waals surface area contributed by atoms with Gasteiger partial charge in [-0.1, -0.05) is 0 Å². The first kappa shape index (κ1) is 16.3. The van der Waals surface area contributed by atoms with Crippen LogP contribution >= 0.6 is 11.3 Å². The highest BCUT2D eigenvalue weighted by Gasteiger charge is 2.18. The highest BCUT2D eigenvalue weighted by Crippen LogP contribution is 2.35. The lowest BCUT2D eigenvalue weighted by molar-refractivity contribution is 0.585. The number of nitrogens with one attached hydrogen (secondary N) is 3. The second kappa shape index (κ2) is 6.69. The minimum atomic E-state index is 0.573. The molecule has 0 radical (unpaired) electrons. The Balaban J connectivity index is 1.54. The van der Waals surface area contributed by atoms with E-state index in [1.165, 1.54) is 11.3 Å². The number of rotatable bonds is 4. The molecular weight excluding hydrogens is 354 g/mol. The summed E-state index contributed by atoms with van der Waals surface area (Å²) >= 11 is 1.74. The normalized spacial score (nSPS) is 16.8. The lowest BCUT2D eigenvalue weighted by Crippen LogP contribution is -2.10. The maximum Gasteiger partial charge on any atom is 0.125 e. The van der Waals surface area contributed by atoms with Gasteiger partial charge in [0.25, 0.3) is 0 Å². The van der Waals surface area contributed by atoms with Crippen molar-refractivity contribution in [2.75, 3.05) is 18.4 Å².